The maximum atomic E-state index is 6.40. The van der Waals surface area contributed by atoms with Crippen LogP contribution in [0.25, 0.3) is 22.2 Å². The quantitative estimate of drug-likeness (QED) is 0.439. The van der Waals surface area contributed by atoms with Gasteiger partial charge in [0.05, 0.1) is 24.5 Å². The number of aromatic nitrogens is 5. The van der Waals surface area contributed by atoms with Gasteiger partial charge < -0.3 is 19.7 Å². The second-order valence-corrected chi connectivity index (χ2v) is 9.51. The number of piperidine rings is 1. The van der Waals surface area contributed by atoms with E-state index < -0.39 is 0 Å². The van der Waals surface area contributed by atoms with Crippen LogP contribution in [0.2, 0.25) is 0 Å². The lowest BCUT2D eigenvalue weighted by molar-refractivity contribution is 0.214. The third kappa shape index (κ3) is 3.85. The molecule has 35 heavy (non-hydrogen) atoms. The number of methoxy groups -OCH3 is 1. The van der Waals surface area contributed by atoms with Crippen LogP contribution >= 0.6 is 0 Å². The van der Waals surface area contributed by atoms with Crippen molar-refractivity contribution in [2.24, 2.45) is 0 Å². The van der Waals surface area contributed by atoms with Crippen LogP contribution in [0, 0.1) is 13.8 Å². The first-order chi connectivity index (χ1) is 17.0. The summed E-state index contributed by atoms with van der Waals surface area (Å²) in [6.45, 7) is 8.01. The lowest BCUT2D eigenvalue weighted by Crippen LogP contribution is -2.67. The number of hydrogen-bond acceptors (Lipinski definition) is 8. The van der Waals surface area contributed by atoms with Gasteiger partial charge in [0.2, 0.25) is 0 Å². The van der Waals surface area contributed by atoms with Gasteiger partial charge in [-0.25, -0.2) is 4.98 Å². The van der Waals surface area contributed by atoms with Crippen LogP contribution in [-0.2, 0) is 0 Å². The maximum absolute atomic E-state index is 6.40. The highest BCUT2D eigenvalue weighted by atomic mass is 16.5. The Morgan fingerprint density at radius 3 is 2.57 bits per heavy atom. The molecule has 0 aliphatic carbocycles. The summed E-state index contributed by atoms with van der Waals surface area (Å²) in [5, 5.41) is 20.5. The molecule has 180 valence electrons. The van der Waals surface area contributed by atoms with Gasteiger partial charge in [0.25, 0.3) is 0 Å². The first-order valence-electron chi connectivity index (χ1n) is 12.0. The van der Waals surface area contributed by atoms with Crippen molar-refractivity contribution in [3.63, 3.8) is 0 Å². The fraction of sp³-hybridized carbons (Fsp3) is 0.385. The molecule has 2 N–H and O–H groups in total. The molecular formula is C26H29N7O2. The SMILES string of the molecule is COc1cc2[nH]nc(-c3ccc(N4CC5CC(C4)N5)nc3)c2cc1O[C@H](C)c1c(C)cnnc1C. The van der Waals surface area contributed by atoms with Crippen molar-refractivity contribution >= 4 is 16.7 Å². The number of H-pyrrole nitrogens is 1. The van der Waals surface area contributed by atoms with E-state index in [1.54, 1.807) is 13.3 Å². The molecule has 0 radical (unpaired) electrons. The zero-order chi connectivity index (χ0) is 24.1. The average molecular weight is 472 g/mol. The van der Waals surface area contributed by atoms with Crippen LogP contribution < -0.4 is 19.7 Å². The molecule has 3 aliphatic heterocycles. The number of piperazine rings is 1. The van der Waals surface area contributed by atoms with Gasteiger partial charge in [-0.1, -0.05) is 0 Å². The van der Waals surface area contributed by atoms with Crippen molar-refractivity contribution in [2.45, 2.75) is 45.4 Å². The first-order valence-corrected chi connectivity index (χ1v) is 12.0. The third-order valence-corrected chi connectivity index (χ3v) is 7.10. The number of anilines is 1. The monoisotopic (exact) mass is 471 g/mol. The number of ether oxygens (including phenoxy) is 2. The number of nitrogens with one attached hydrogen (secondary N) is 2. The van der Waals surface area contributed by atoms with Crippen LogP contribution in [0.3, 0.4) is 0 Å². The highest BCUT2D eigenvalue weighted by molar-refractivity contribution is 5.95. The second-order valence-electron chi connectivity index (χ2n) is 9.51. The van der Waals surface area contributed by atoms with E-state index in [0.29, 0.717) is 23.6 Å². The largest absolute Gasteiger partial charge is 0.493 e. The highest BCUT2D eigenvalue weighted by Gasteiger charge is 2.36. The molecule has 3 saturated heterocycles. The minimum Gasteiger partial charge on any atom is -0.493 e. The van der Waals surface area contributed by atoms with Gasteiger partial charge in [-0.2, -0.15) is 15.3 Å². The molecule has 0 spiro atoms. The third-order valence-electron chi connectivity index (χ3n) is 7.10. The zero-order valence-electron chi connectivity index (χ0n) is 20.4. The van der Waals surface area contributed by atoms with Gasteiger partial charge >= 0.3 is 0 Å². The van der Waals surface area contributed by atoms with Crippen molar-refractivity contribution in [1.29, 1.82) is 0 Å². The van der Waals surface area contributed by atoms with Crippen LogP contribution in [0.1, 0.15) is 36.3 Å². The lowest BCUT2D eigenvalue weighted by atomic mass is 9.91. The molecule has 0 amide bonds. The lowest BCUT2D eigenvalue weighted by Gasteiger charge is -2.48. The summed E-state index contributed by atoms with van der Waals surface area (Å²) in [5.41, 5.74) is 5.59. The molecule has 2 bridgehead atoms. The van der Waals surface area contributed by atoms with Gasteiger partial charge in [0, 0.05) is 53.9 Å². The van der Waals surface area contributed by atoms with Crippen molar-refractivity contribution < 1.29 is 9.47 Å². The number of aromatic amines is 1. The topological polar surface area (TPSA) is 101 Å². The average Bonchev–Trinajstić information content (AvgIpc) is 3.26. The normalized spacial score (nSPS) is 19.9. The smallest absolute Gasteiger partial charge is 0.162 e. The minimum absolute atomic E-state index is 0.224. The van der Waals surface area contributed by atoms with Crippen molar-refractivity contribution in [2.75, 3.05) is 25.1 Å². The Morgan fingerprint density at radius 2 is 1.89 bits per heavy atom. The van der Waals surface area contributed by atoms with E-state index in [9.17, 15) is 0 Å². The van der Waals surface area contributed by atoms with Crippen molar-refractivity contribution in [3.05, 3.63) is 53.5 Å². The molecular weight excluding hydrogens is 442 g/mol. The summed E-state index contributed by atoms with van der Waals surface area (Å²) in [4.78, 5) is 7.12. The predicted molar refractivity (Wildman–Crippen MR) is 134 cm³/mol. The molecule has 1 aromatic carbocycles. The van der Waals surface area contributed by atoms with Crippen LogP contribution in [0.5, 0.6) is 11.5 Å². The minimum atomic E-state index is -0.224. The molecule has 3 fully saturated rings. The molecule has 4 aromatic rings. The fourth-order valence-electron chi connectivity index (χ4n) is 5.39. The Hall–Kier alpha value is -3.72. The molecule has 0 saturated carbocycles. The summed E-state index contributed by atoms with van der Waals surface area (Å²) >= 11 is 0. The summed E-state index contributed by atoms with van der Waals surface area (Å²) in [6, 6.07) is 9.28. The Morgan fingerprint density at radius 1 is 1.09 bits per heavy atom. The van der Waals surface area contributed by atoms with Crippen molar-refractivity contribution in [1.82, 2.24) is 30.7 Å². The van der Waals surface area contributed by atoms with E-state index in [2.05, 4.69) is 42.7 Å². The van der Waals surface area contributed by atoms with E-state index in [4.69, 9.17) is 14.5 Å². The van der Waals surface area contributed by atoms with E-state index in [0.717, 1.165) is 57.9 Å². The number of aryl methyl sites for hydroxylation is 2. The molecule has 9 heteroatoms. The molecule has 3 atom stereocenters. The van der Waals surface area contributed by atoms with E-state index in [-0.39, 0.29) is 6.10 Å². The second kappa shape index (κ2) is 8.49. The van der Waals surface area contributed by atoms with Crippen LogP contribution in [0.15, 0.2) is 36.7 Å². The van der Waals surface area contributed by atoms with E-state index >= 15 is 0 Å². The van der Waals surface area contributed by atoms with Gasteiger partial charge in [-0.15, -0.1) is 0 Å². The van der Waals surface area contributed by atoms with Gasteiger partial charge in [-0.3, -0.25) is 5.10 Å². The predicted octanol–water partition coefficient (Wildman–Crippen LogP) is 3.73. The standard InChI is InChI=1S/C26H29N7O2/c1-14-10-28-30-15(2)25(14)16(3)35-23-8-20-21(9-22(23)34-4)31-32-26(20)17-5-6-24(27-11-17)33-12-18-7-19(13-33)29-18/h5-6,8-11,16,18-19,29H,7,12-13H2,1-4H3,(H,31,32)/t16-,18?,19?/m1/s1. The van der Waals surface area contributed by atoms with E-state index in [1.165, 1.54) is 6.42 Å². The first kappa shape index (κ1) is 21.8. The summed E-state index contributed by atoms with van der Waals surface area (Å²) in [6.07, 6.45) is 4.72. The molecule has 6 heterocycles. The molecule has 3 aliphatic rings. The molecule has 3 aromatic heterocycles. The number of pyridine rings is 1. The Kier molecular flexibility index (Phi) is 5.29. The Labute approximate surface area is 203 Å². The number of fused-ring (bicyclic) bond motifs is 3. The Bertz CT molecular complexity index is 1350. The zero-order valence-corrected chi connectivity index (χ0v) is 20.4. The van der Waals surface area contributed by atoms with Crippen molar-refractivity contribution in [3.8, 4) is 22.8 Å². The number of nitrogens with zero attached hydrogens (tertiary/aromatic N) is 5. The fourth-order valence-corrected chi connectivity index (χ4v) is 5.39. The van der Waals surface area contributed by atoms with Crippen LogP contribution in [0.4, 0.5) is 5.82 Å². The van der Waals surface area contributed by atoms with Gasteiger partial charge in [0.15, 0.2) is 11.5 Å². The van der Waals surface area contributed by atoms with Gasteiger partial charge in [0.1, 0.15) is 17.6 Å². The molecule has 2 unspecified atom stereocenters. The number of hydrogen-bond donors (Lipinski definition) is 2. The molecule has 7 rings (SSSR count). The summed E-state index contributed by atoms with van der Waals surface area (Å²) in [7, 11) is 1.64. The summed E-state index contributed by atoms with van der Waals surface area (Å²) in [5.74, 6) is 2.30. The Balaban J connectivity index is 1.31. The number of rotatable bonds is 6. The summed E-state index contributed by atoms with van der Waals surface area (Å²) < 4.78 is 12.0. The highest BCUT2D eigenvalue weighted by Crippen LogP contribution is 2.38. The number of benzene rings is 1. The maximum Gasteiger partial charge on any atom is 0.162 e. The molecule has 9 nitrogen and oxygen atoms in total. The van der Waals surface area contributed by atoms with Gasteiger partial charge in [-0.05, 0) is 51.0 Å². The van der Waals surface area contributed by atoms with E-state index in [1.807, 2.05) is 39.1 Å². The van der Waals surface area contributed by atoms with Crippen LogP contribution in [-0.4, -0.2) is 57.7 Å².